The van der Waals surface area contributed by atoms with Crippen LogP contribution in [0.3, 0.4) is 0 Å². The maximum atomic E-state index is 9.36. The molecule has 2 nitrogen and oxygen atoms in total. The molecule has 1 fully saturated rings. The van der Waals surface area contributed by atoms with Crippen LogP contribution in [-0.4, -0.2) is 21.7 Å². The summed E-state index contributed by atoms with van der Waals surface area (Å²) in [5.74, 6) is 0. The smallest absolute Gasteiger partial charge is 0.0895 e. The first-order valence-electron chi connectivity index (χ1n) is 4.91. The molecular weight excluding hydrogens is 182 g/mol. The lowest BCUT2D eigenvalue weighted by atomic mass is 9.89. The summed E-state index contributed by atoms with van der Waals surface area (Å²) >= 11 is 1.66. The Kier molecular flexibility index (Phi) is 4.08. The molecule has 1 N–H and O–H groups in total. The summed E-state index contributed by atoms with van der Waals surface area (Å²) in [5.41, 5.74) is 0. The van der Waals surface area contributed by atoms with Gasteiger partial charge in [-0.3, -0.25) is 0 Å². The molecule has 1 aliphatic carbocycles. The highest BCUT2D eigenvalue weighted by Crippen LogP contribution is 2.41. The zero-order valence-electron chi connectivity index (χ0n) is 8.12. The van der Waals surface area contributed by atoms with Gasteiger partial charge in [0, 0.05) is 4.75 Å². The molecule has 0 amide bonds. The van der Waals surface area contributed by atoms with Crippen molar-refractivity contribution in [3.63, 3.8) is 0 Å². The Hall–Kier alpha value is -0.200. The van der Waals surface area contributed by atoms with Gasteiger partial charge in [-0.15, -0.1) is 11.8 Å². The second-order valence-electron chi connectivity index (χ2n) is 3.79. The standard InChI is InChI=1S/C10H17NOS/c1-9(7-11)13-10(8-12)5-3-2-4-6-10/h9,12H,2-6,8H2,1H3. The SMILES string of the molecule is CC(C#N)SC1(CO)CCCCC1. The molecule has 13 heavy (non-hydrogen) atoms. The molecule has 1 atom stereocenters. The number of aliphatic hydroxyl groups excluding tert-OH is 1. The first-order valence-corrected chi connectivity index (χ1v) is 5.79. The lowest BCUT2D eigenvalue weighted by Crippen LogP contribution is -2.33. The van der Waals surface area contributed by atoms with Gasteiger partial charge in [0.15, 0.2) is 0 Å². The summed E-state index contributed by atoms with van der Waals surface area (Å²) < 4.78 is -0.00655. The molecule has 1 rings (SSSR count). The van der Waals surface area contributed by atoms with E-state index in [1.54, 1.807) is 11.8 Å². The lowest BCUT2D eigenvalue weighted by molar-refractivity contribution is 0.214. The van der Waals surface area contributed by atoms with E-state index in [0.717, 1.165) is 12.8 Å². The summed E-state index contributed by atoms with van der Waals surface area (Å²) in [6.07, 6.45) is 5.82. The lowest BCUT2D eigenvalue weighted by Gasteiger charge is -2.35. The van der Waals surface area contributed by atoms with Gasteiger partial charge in [-0.2, -0.15) is 5.26 Å². The molecule has 0 saturated heterocycles. The van der Waals surface area contributed by atoms with E-state index >= 15 is 0 Å². The predicted octanol–water partition coefficient (Wildman–Crippen LogP) is 2.33. The van der Waals surface area contributed by atoms with Crippen molar-refractivity contribution in [1.82, 2.24) is 0 Å². The van der Waals surface area contributed by atoms with Crippen molar-refractivity contribution in [2.24, 2.45) is 0 Å². The minimum absolute atomic E-state index is 0.00486. The van der Waals surface area contributed by atoms with Gasteiger partial charge in [0.1, 0.15) is 0 Å². The normalized spacial score (nSPS) is 23.5. The van der Waals surface area contributed by atoms with Gasteiger partial charge in [0.05, 0.1) is 17.9 Å². The fourth-order valence-electron chi connectivity index (χ4n) is 1.91. The van der Waals surface area contributed by atoms with E-state index in [1.807, 2.05) is 6.92 Å². The van der Waals surface area contributed by atoms with Gasteiger partial charge in [-0.05, 0) is 19.8 Å². The second-order valence-corrected chi connectivity index (χ2v) is 5.60. The third-order valence-electron chi connectivity index (χ3n) is 2.66. The molecule has 0 spiro atoms. The number of thioether (sulfide) groups is 1. The molecular formula is C10H17NOS. The number of aliphatic hydroxyl groups is 1. The molecule has 0 radical (unpaired) electrons. The Morgan fingerprint density at radius 3 is 2.54 bits per heavy atom. The monoisotopic (exact) mass is 199 g/mol. The van der Waals surface area contributed by atoms with Gasteiger partial charge in [-0.1, -0.05) is 19.3 Å². The van der Waals surface area contributed by atoms with E-state index in [9.17, 15) is 5.11 Å². The van der Waals surface area contributed by atoms with Crippen molar-refractivity contribution in [3.05, 3.63) is 0 Å². The zero-order valence-corrected chi connectivity index (χ0v) is 8.94. The van der Waals surface area contributed by atoms with E-state index in [1.165, 1.54) is 19.3 Å². The highest BCUT2D eigenvalue weighted by atomic mass is 32.2. The third-order valence-corrected chi connectivity index (χ3v) is 4.16. The fourth-order valence-corrected chi connectivity index (χ4v) is 3.31. The summed E-state index contributed by atoms with van der Waals surface area (Å²) in [6, 6.07) is 2.22. The van der Waals surface area contributed by atoms with Crippen LogP contribution in [0.15, 0.2) is 0 Å². The summed E-state index contributed by atoms with van der Waals surface area (Å²) in [6.45, 7) is 2.14. The topological polar surface area (TPSA) is 44.0 Å². The Morgan fingerprint density at radius 2 is 2.08 bits per heavy atom. The Labute approximate surface area is 84.3 Å². The molecule has 0 bridgehead atoms. The van der Waals surface area contributed by atoms with Gasteiger partial charge in [-0.25, -0.2) is 0 Å². The van der Waals surface area contributed by atoms with Crippen LogP contribution in [0.1, 0.15) is 39.0 Å². The van der Waals surface area contributed by atoms with Crippen LogP contribution in [0, 0.1) is 11.3 Å². The number of nitriles is 1. The van der Waals surface area contributed by atoms with Crippen molar-refractivity contribution in [2.45, 2.75) is 49.0 Å². The van der Waals surface area contributed by atoms with Crippen molar-refractivity contribution in [1.29, 1.82) is 5.26 Å². The van der Waals surface area contributed by atoms with Gasteiger partial charge in [0.2, 0.25) is 0 Å². The van der Waals surface area contributed by atoms with Gasteiger partial charge >= 0.3 is 0 Å². The minimum Gasteiger partial charge on any atom is -0.395 e. The number of hydrogen-bond donors (Lipinski definition) is 1. The van der Waals surface area contributed by atoms with Crippen LogP contribution < -0.4 is 0 Å². The molecule has 3 heteroatoms. The average molecular weight is 199 g/mol. The minimum atomic E-state index is -0.00655. The maximum Gasteiger partial charge on any atom is 0.0895 e. The molecule has 1 aliphatic rings. The van der Waals surface area contributed by atoms with E-state index in [0.29, 0.717) is 0 Å². The van der Waals surface area contributed by atoms with Gasteiger partial charge < -0.3 is 5.11 Å². The largest absolute Gasteiger partial charge is 0.395 e. The van der Waals surface area contributed by atoms with E-state index in [2.05, 4.69) is 6.07 Å². The van der Waals surface area contributed by atoms with Crippen molar-refractivity contribution < 1.29 is 5.11 Å². The fraction of sp³-hybridized carbons (Fsp3) is 0.900. The Morgan fingerprint density at radius 1 is 1.46 bits per heavy atom. The Balaban J connectivity index is 2.53. The molecule has 0 aromatic rings. The molecule has 1 unspecified atom stereocenters. The van der Waals surface area contributed by atoms with Crippen LogP contribution in [0.25, 0.3) is 0 Å². The van der Waals surface area contributed by atoms with Crippen molar-refractivity contribution >= 4 is 11.8 Å². The molecule has 1 saturated carbocycles. The van der Waals surface area contributed by atoms with Crippen molar-refractivity contribution in [2.75, 3.05) is 6.61 Å². The Bertz CT molecular complexity index is 194. The number of nitrogens with zero attached hydrogens (tertiary/aromatic N) is 1. The number of hydrogen-bond acceptors (Lipinski definition) is 3. The molecule has 0 aromatic carbocycles. The van der Waals surface area contributed by atoms with Crippen molar-refractivity contribution in [3.8, 4) is 6.07 Å². The third kappa shape index (κ3) is 2.89. The number of rotatable bonds is 3. The second kappa shape index (κ2) is 4.88. The summed E-state index contributed by atoms with van der Waals surface area (Å²) in [7, 11) is 0. The highest BCUT2D eigenvalue weighted by molar-refractivity contribution is 8.01. The van der Waals surface area contributed by atoms with E-state index in [4.69, 9.17) is 5.26 Å². The van der Waals surface area contributed by atoms with Crippen LogP contribution in [-0.2, 0) is 0 Å². The quantitative estimate of drug-likeness (QED) is 0.758. The first-order chi connectivity index (χ1) is 6.22. The average Bonchev–Trinajstić information content (AvgIpc) is 2.19. The van der Waals surface area contributed by atoms with Crippen LogP contribution in [0.5, 0.6) is 0 Å². The van der Waals surface area contributed by atoms with Gasteiger partial charge in [0.25, 0.3) is 0 Å². The molecule has 0 heterocycles. The maximum absolute atomic E-state index is 9.36. The highest BCUT2D eigenvalue weighted by Gasteiger charge is 2.33. The summed E-state index contributed by atoms with van der Waals surface area (Å²) in [4.78, 5) is 0. The zero-order chi connectivity index (χ0) is 9.73. The molecule has 0 aliphatic heterocycles. The van der Waals surface area contributed by atoms with Crippen LogP contribution in [0.2, 0.25) is 0 Å². The molecule has 0 aromatic heterocycles. The predicted molar refractivity (Wildman–Crippen MR) is 55.6 cm³/mol. The first kappa shape index (κ1) is 10.9. The van der Waals surface area contributed by atoms with E-state index < -0.39 is 0 Å². The van der Waals surface area contributed by atoms with Crippen LogP contribution >= 0.6 is 11.8 Å². The summed E-state index contributed by atoms with van der Waals surface area (Å²) in [5, 5.41) is 18.1. The molecule has 74 valence electrons. The van der Waals surface area contributed by atoms with E-state index in [-0.39, 0.29) is 16.6 Å². The van der Waals surface area contributed by atoms with Crippen LogP contribution in [0.4, 0.5) is 0 Å².